The van der Waals surface area contributed by atoms with Crippen LogP contribution >= 0.6 is 15.9 Å². The van der Waals surface area contributed by atoms with E-state index >= 15 is 0 Å². The van der Waals surface area contributed by atoms with E-state index in [4.69, 9.17) is 4.74 Å². The van der Waals surface area contributed by atoms with Gasteiger partial charge in [0.25, 0.3) is 0 Å². The van der Waals surface area contributed by atoms with Gasteiger partial charge in [0, 0.05) is 25.0 Å². The fraction of sp³-hybridized carbons (Fsp3) is 1.00. The zero-order valence-electron chi connectivity index (χ0n) is 11.5. The minimum atomic E-state index is 0.758. The molecule has 0 radical (unpaired) electrons. The second kappa shape index (κ2) is 9.35. The van der Waals surface area contributed by atoms with Crippen molar-refractivity contribution in [3.05, 3.63) is 0 Å². The third kappa shape index (κ3) is 7.43. The van der Waals surface area contributed by atoms with Crippen molar-refractivity contribution in [3.8, 4) is 0 Å². The van der Waals surface area contributed by atoms with Gasteiger partial charge in [-0.05, 0) is 44.1 Å². The highest BCUT2D eigenvalue weighted by molar-refractivity contribution is 9.09. The van der Waals surface area contributed by atoms with Crippen molar-refractivity contribution in [1.82, 2.24) is 4.90 Å². The minimum Gasteiger partial charge on any atom is -0.380 e. The average Bonchev–Trinajstić information content (AvgIpc) is 2.29. The van der Waals surface area contributed by atoms with Crippen LogP contribution in [0, 0.1) is 11.8 Å². The first-order valence-corrected chi connectivity index (χ1v) is 8.20. The molecule has 0 amide bonds. The predicted molar refractivity (Wildman–Crippen MR) is 77.8 cm³/mol. The zero-order valence-corrected chi connectivity index (χ0v) is 13.0. The third-order valence-corrected chi connectivity index (χ3v) is 3.97. The van der Waals surface area contributed by atoms with E-state index < -0.39 is 0 Å². The molecular weight excluding hydrogens is 278 g/mol. The van der Waals surface area contributed by atoms with Crippen LogP contribution in [0.3, 0.4) is 0 Å². The van der Waals surface area contributed by atoms with Crippen molar-refractivity contribution in [1.29, 1.82) is 0 Å². The lowest BCUT2D eigenvalue weighted by Crippen LogP contribution is -2.37. The zero-order chi connectivity index (χ0) is 12.5. The van der Waals surface area contributed by atoms with Gasteiger partial charge in [-0.25, -0.2) is 0 Å². The number of piperidine rings is 1. The van der Waals surface area contributed by atoms with E-state index in [2.05, 4.69) is 34.7 Å². The molecule has 102 valence electrons. The first-order valence-electron chi connectivity index (χ1n) is 7.08. The van der Waals surface area contributed by atoms with Gasteiger partial charge in [0.15, 0.2) is 0 Å². The topological polar surface area (TPSA) is 12.5 Å². The summed E-state index contributed by atoms with van der Waals surface area (Å²) in [6, 6.07) is 0. The van der Waals surface area contributed by atoms with Crippen molar-refractivity contribution in [2.45, 2.75) is 39.5 Å². The first-order chi connectivity index (χ1) is 8.22. The maximum atomic E-state index is 5.69. The lowest BCUT2D eigenvalue weighted by Gasteiger charge is -2.32. The fourth-order valence-corrected chi connectivity index (χ4v) is 3.01. The van der Waals surface area contributed by atoms with Gasteiger partial charge >= 0.3 is 0 Å². The number of likely N-dealkylation sites (tertiary alicyclic amines) is 1. The number of alkyl halides is 1. The number of hydrogen-bond acceptors (Lipinski definition) is 2. The lowest BCUT2D eigenvalue weighted by molar-refractivity contribution is 0.0791. The molecule has 1 rings (SSSR count). The Morgan fingerprint density at radius 2 is 2.18 bits per heavy atom. The van der Waals surface area contributed by atoms with Crippen LogP contribution < -0.4 is 0 Å². The SMILES string of the molecule is CC(C)CCOCCN1CCCC(CCBr)C1. The number of ether oxygens (including phenoxy) is 1. The van der Waals surface area contributed by atoms with E-state index in [1.54, 1.807) is 0 Å². The summed E-state index contributed by atoms with van der Waals surface area (Å²) >= 11 is 3.55. The Morgan fingerprint density at radius 3 is 2.88 bits per heavy atom. The quantitative estimate of drug-likeness (QED) is 0.502. The van der Waals surface area contributed by atoms with E-state index in [-0.39, 0.29) is 0 Å². The summed E-state index contributed by atoms with van der Waals surface area (Å²) in [6.07, 6.45) is 5.29. The summed E-state index contributed by atoms with van der Waals surface area (Å²) in [5.41, 5.74) is 0. The van der Waals surface area contributed by atoms with Crippen LogP contribution in [0.5, 0.6) is 0 Å². The monoisotopic (exact) mass is 305 g/mol. The molecule has 1 saturated heterocycles. The molecule has 0 N–H and O–H groups in total. The normalized spacial score (nSPS) is 22.2. The van der Waals surface area contributed by atoms with E-state index in [9.17, 15) is 0 Å². The van der Waals surface area contributed by atoms with Crippen LogP contribution in [0.25, 0.3) is 0 Å². The summed E-state index contributed by atoms with van der Waals surface area (Å²) < 4.78 is 5.69. The first kappa shape index (κ1) is 15.5. The Labute approximate surface area is 115 Å². The highest BCUT2D eigenvalue weighted by Gasteiger charge is 2.18. The Hall–Kier alpha value is 0.400. The van der Waals surface area contributed by atoms with Crippen molar-refractivity contribution in [2.24, 2.45) is 11.8 Å². The molecule has 0 aromatic carbocycles. The molecule has 1 aliphatic rings. The highest BCUT2D eigenvalue weighted by atomic mass is 79.9. The summed E-state index contributed by atoms with van der Waals surface area (Å²) in [5.74, 6) is 1.66. The number of halogens is 1. The molecule has 0 saturated carbocycles. The number of hydrogen-bond donors (Lipinski definition) is 0. The van der Waals surface area contributed by atoms with Crippen molar-refractivity contribution < 1.29 is 4.74 Å². The smallest absolute Gasteiger partial charge is 0.0593 e. The molecule has 1 heterocycles. The molecular formula is C14H28BrNO. The maximum Gasteiger partial charge on any atom is 0.0593 e. The highest BCUT2D eigenvalue weighted by Crippen LogP contribution is 2.19. The van der Waals surface area contributed by atoms with E-state index in [1.807, 2.05) is 0 Å². The van der Waals surface area contributed by atoms with Gasteiger partial charge in [0.1, 0.15) is 0 Å². The van der Waals surface area contributed by atoms with Gasteiger partial charge < -0.3 is 9.64 Å². The number of rotatable bonds is 8. The summed E-state index contributed by atoms with van der Waals surface area (Å²) in [7, 11) is 0. The Balaban J connectivity index is 2.02. The van der Waals surface area contributed by atoms with Crippen molar-refractivity contribution >= 4 is 15.9 Å². The largest absolute Gasteiger partial charge is 0.380 e. The van der Waals surface area contributed by atoms with Crippen LogP contribution in [0.15, 0.2) is 0 Å². The van der Waals surface area contributed by atoms with E-state index in [0.29, 0.717) is 0 Å². The second-order valence-corrected chi connectivity index (χ2v) is 6.37. The third-order valence-electron chi connectivity index (χ3n) is 3.51. The van der Waals surface area contributed by atoms with Gasteiger partial charge in [-0.3, -0.25) is 0 Å². The standard InChI is InChI=1S/C14H28BrNO/c1-13(2)6-10-17-11-9-16-8-3-4-14(12-16)5-7-15/h13-14H,3-12H2,1-2H3. The Morgan fingerprint density at radius 1 is 1.35 bits per heavy atom. The molecule has 1 unspecified atom stereocenters. The maximum absolute atomic E-state index is 5.69. The molecule has 1 atom stereocenters. The molecule has 0 aromatic rings. The van der Waals surface area contributed by atoms with E-state index in [1.165, 1.54) is 38.8 Å². The minimum absolute atomic E-state index is 0.758. The van der Waals surface area contributed by atoms with Crippen LogP contribution in [0.4, 0.5) is 0 Å². The lowest BCUT2D eigenvalue weighted by atomic mass is 9.96. The fourth-order valence-electron chi connectivity index (χ4n) is 2.36. The molecule has 0 aromatic heterocycles. The van der Waals surface area contributed by atoms with Crippen LogP contribution in [0.2, 0.25) is 0 Å². The van der Waals surface area contributed by atoms with Crippen molar-refractivity contribution in [3.63, 3.8) is 0 Å². The number of nitrogens with zero attached hydrogens (tertiary/aromatic N) is 1. The van der Waals surface area contributed by atoms with Gasteiger partial charge in [0.2, 0.25) is 0 Å². The average molecular weight is 306 g/mol. The molecule has 2 nitrogen and oxygen atoms in total. The molecule has 1 aliphatic heterocycles. The second-order valence-electron chi connectivity index (χ2n) is 5.58. The summed E-state index contributed by atoms with van der Waals surface area (Å²) in [6.45, 7) is 10.0. The van der Waals surface area contributed by atoms with Crippen LogP contribution in [0.1, 0.15) is 39.5 Å². The molecule has 0 bridgehead atoms. The van der Waals surface area contributed by atoms with Gasteiger partial charge in [-0.15, -0.1) is 0 Å². The van der Waals surface area contributed by atoms with E-state index in [0.717, 1.165) is 36.9 Å². The molecule has 3 heteroatoms. The van der Waals surface area contributed by atoms with Crippen molar-refractivity contribution in [2.75, 3.05) is 38.2 Å². The Bertz CT molecular complexity index is 185. The Kier molecular flexibility index (Phi) is 8.50. The summed E-state index contributed by atoms with van der Waals surface area (Å²) in [4.78, 5) is 2.58. The predicted octanol–water partition coefficient (Wildman–Crippen LogP) is 3.55. The molecule has 1 fully saturated rings. The molecule has 0 aliphatic carbocycles. The van der Waals surface area contributed by atoms with Crippen LogP contribution in [-0.4, -0.2) is 43.1 Å². The van der Waals surface area contributed by atoms with Gasteiger partial charge in [-0.2, -0.15) is 0 Å². The molecule has 0 spiro atoms. The van der Waals surface area contributed by atoms with Gasteiger partial charge in [0.05, 0.1) is 6.61 Å². The van der Waals surface area contributed by atoms with Crippen LogP contribution in [-0.2, 0) is 4.74 Å². The molecule has 17 heavy (non-hydrogen) atoms. The summed E-state index contributed by atoms with van der Waals surface area (Å²) in [5, 5.41) is 1.15. The van der Waals surface area contributed by atoms with Gasteiger partial charge in [-0.1, -0.05) is 29.8 Å².